The van der Waals surface area contributed by atoms with Crippen LogP contribution in [-0.2, 0) is 0 Å². The van der Waals surface area contributed by atoms with Crippen molar-refractivity contribution in [1.82, 2.24) is 14.6 Å². The van der Waals surface area contributed by atoms with Gasteiger partial charge in [0, 0.05) is 5.38 Å². The summed E-state index contributed by atoms with van der Waals surface area (Å²) in [5.41, 5.74) is 3.18. The first-order chi connectivity index (χ1) is 8.31. The molecule has 3 nitrogen and oxygen atoms in total. The van der Waals surface area contributed by atoms with Crippen LogP contribution in [0, 0.1) is 6.92 Å². The molecular formula is C12H9N3S2. The maximum absolute atomic E-state index is 4.56. The third-order valence-corrected chi connectivity index (χ3v) is 3.86. The van der Waals surface area contributed by atoms with Crippen LogP contribution in [0.15, 0.2) is 23.6 Å². The van der Waals surface area contributed by atoms with Gasteiger partial charge in [0.25, 0.3) is 0 Å². The molecule has 0 radical (unpaired) electrons. The molecule has 3 aromatic rings. The van der Waals surface area contributed by atoms with E-state index in [1.807, 2.05) is 17.5 Å². The Morgan fingerprint density at radius 3 is 3.00 bits per heavy atom. The predicted octanol–water partition coefficient (Wildman–Crippen LogP) is 3.63. The van der Waals surface area contributed by atoms with Crippen molar-refractivity contribution in [2.24, 2.45) is 0 Å². The molecule has 1 aromatic carbocycles. The van der Waals surface area contributed by atoms with Gasteiger partial charge in [-0.1, -0.05) is 10.6 Å². The molecule has 84 valence electrons. The van der Waals surface area contributed by atoms with Gasteiger partial charge >= 0.3 is 0 Å². The van der Waals surface area contributed by atoms with Crippen molar-refractivity contribution in [3.05, 3.63) is 39.8 Å². The lowest BCUT2D eigenvalue weighted by Crippen LogP contribution is -1.73. The Kier molecular flexibility index (Phi) is 2.70. The summed E-state index contributed by atoms with van der Waals surface area (Å²) in [5, 5.41) is 6.87. The molecule has 2 heterocycles. The fraction of sp³-hybridized carbons (Fsp3) is 0.0833. The van der Waals surface area contributed by atoms with Crippen LogP contribution in [0.5, 0.6) is 0 Å². The average molecular weight is 259 g/mol. The molecule has 0 unspecified atom stereocenters. The molecule has 0 atom stereocenters. The van der Waals surface area contributed by atoms with E-state index in [0.717, 1.165) is 16.2 Å². The van der Waals surface area contributed by atoms with Gasteiger partial charge in [0.05, 0.1) is 15.9 Å². The highest BCUT2D eigenvalue weighted by Crippen LogP contribution is 2.24. The van der Waals surface area contributed by atoms with Crippen LogP contribution in [0.4, 0.5) is 0 Å². The number of rotatable bonds is 2. The molecule has 3 rings (SSSR count). The molecular weight excluding hydrogens is 250 g/mol. The van der Waals surface area contributed by atoms with E-state index in [9.17, 15) is 0 Å². The molecule has 0 N–H and O–H groups in total. The van der Waals surface area contributed by atoms with Gasteiger partial charge in [0.1, 0.15) is 5.01 Å². The largest absolute Gasteiger partial charge is 0.237 e. The van der Waals surface area contributed by atoms with Crippen LogP contribution in [0.3, 0.4) is 0 Å². The standard InChI is InChI=1S/C12H9N3S2/c1-8-2-4-11-10(6-8)13-12(17-11)5-3-9-7-16-15-14-9/h2-7H,1H3. The zero-order valence-electron chi connectivity index (χ0n) is 9.12. The van der Waals surface area contributed by atoms with Crippen LogP contribution >= 0.6 is 22.9 Å². The summed E-state index contributed by atoms with van der Waals surface area (Å²) >= 11 is 3.04. The molecule has 0 fully saturated rings. The van der Waals surface area contributed by atoms with E-state index < -0.39 is 0 Å². The van der Waals surface area contributed by atoms with E-state index in [1.165, 1.54) is 21.8 Å². The van der Waals surface area contributed by atoms with E-state index in [2.05, 4.69) is 39.7 Å². The molecule has 0 aliphatic heterocycles. The summed E-state index contributed by atoms with van der Waals surface area (Å²) in [6.45, 7) is 2.08. The number of aromatic nitrogens is 3. The molecule has 0 saturated carbocycles. The van der Waals surface area contributed by atoms with E-state index >= 15 is 0 Å². The molecule has 0 saturated heterocycles. The number of fused-ring (bicyclic) bond motifs is 1. The second-order valence-electron chi connectivity index (χ2n) is 3.69. The van der Waals surface area contributed by atoms with E-state index in [0.29, 0.717) is 0 Å². The Hall–Kier alpha value is -1.59. The van der Waals surface area contributed by atoms with Crippen LogP contribution in [0.2, 0.25) is 0 Å². The maximum Gasteiger partial charge on any atom is 0.117 e. The summed E-state index contributed by atoms with van der Waals surface area (Å²) in [4.78, 5) is 4.56. The van der Waals surface area contributed by atoms with Gasteiger partial charge in [0.15, 0.2) is 0 Å². The molecule has 0 bridgehead atoms. The van der Waals surface area contributed by atoms with E-state index in [1.54, 1.807) is 11.3 Å². The van der Waals surface area contributed by atoms with Gasteiger partial charge in [0.2, 0.25) is 0 Å². The zero-order chi connectivity index (χ0) is 11.7. The van der Waals surface area contributed by atoms with Crippen LogP contribution in [0.1, 0.15) is 16.3 Å². The van der Waals surface area contributed by atoms with Crippen molar-refractivity contribution in [3.8, 4) is 0 Å². The van der Waals surface area contributed by atoms with Crippen molar-refractivity contribution >= 4 is 45.2 Å². The number of aryl methyl sites for hydroxylation is 1. The molecule has 0 spiro atoms. The minimum absolute atomic E-state index is 0.880. The van der Waals surface area contributed by atoms with Gasteiger partial charge in [-0.3, -0.25) is 0 Å². The fourth-order valence-corrected chi connectivity index (χ4v) is 2.80. The molecule has 2 aromatic heterocycles. The minimum Gasteiger partial charge on any atom is -0.237 e. The smallest absolute Gasteiger partial charge is 0.117 e. The summed E-state index contributed by atoms with van der Waals surface area (Å²) in [7, 11) is 0. The first-order valence-electron chi connectivity index (χ1n) is 5.13. The highest BCUT2D eigenvalue weighted by atomic mass is 32.1. The number of thiazole rings is 1. The first-order valence-corrected chi connectivity index (χ1v) is 6.79. The molecule has 0 aliphatic carbocycles. The lowest BCUT2D eigenvalue weighted by atomic mass is 10.2. The lowest BCUT2D eigenvalue weighted by Gasteiger charge is -1.88. The van der Waals surface area contributed by atoms with E-state index in [-0.39, 0.29) is 0 Å². The topological polar surface area (TPSA) is 38.7 Å². The maximum atomic E-state index is 4.56. The second-order valence-corrected chi connectivity index (χ2v) is 5.36. The summed E-state index contributed by atoms with van der Waals surface area (Å²) in [5.74, 6) is 0. The van der Waals surface area contributed by atoms with Gasteiger partial charge in [-0.25, -0.2) is 4.98 Å². The number of hydrogen-bond donors (Lipinski definition) is 0. The van der Waals surface area contributed by atoms with Crippen molar-refractivity contribution in [2.45, 2.75) is 6.92 Å². The number of nitrogens with zero attached hydrogens (tertiary/aromatic N) is 3. The third-order valence-electron chi connectivity index (χ3n) is 2.33. The van der Waals surface area contributed by atoms with Gasteiger partial charge < -0.3 is 0 Å². The summed E-state index contributed by atoms with van der Waals surface area (Å²) < 4.78 is 5.03. The zero-order valence-corrected chi connectivity index (χ0v) is 10.8. The van der Waals surface area contributed by atoms with Crippen LogP contribution in [-0.4, -0.2) is 14.6 Å². The van der Waals surface area contributed by atoms with Gasteiger partial charge in [-0.2, -0.15) is 0 Å². The summed E-state index contributed by atoms with van der Waals surface area (Å²) in [6.07, 6.45) is 3.92. The van der Waals surface area contributed by atoms with E-state index in [4.69, 9.17) is 0 Å². The highest BCUT2D eigenvalue weighted by Gasteiger charge is 2.01. The Morgan fingerprint density at radius 1 is 1.24 bits per heavy atom. The Morgan fingerprint density at radius 2 is 2.18 bits per heavy atom. The number of hydrogen-bond acceptors (Lipinski definition) is 5. The molecule has 5 heteroatoms. The van der Waals surface area contributed by atoms with Crippen LogP contribution in [0.25, 0.3) is 22.4 Å². The monoisotopic (exact) mass is 259 g/mol. The Balaban J connectivity index is 1.96. The average Bonchev–Trinajstić information content (AvgIpc) is 2.94. The van der Waals surface area contributed by atoms with Crippen molar-refractivity contribution < 1.29 is 0 Å². The second kappa shape index (κ2) is 4.35. The molecule has 0 amide bonds. The molecule has 17 heavy (non-hydrogen) atoms. The Bertz CT molecular complexity index is 668. The van der Waals surface area contributed by atoms with Gasteiger partial charge in [-0.15, -0.1) is 16.4 Å². The SMILES string of the molecule is Cc1ccc2sc(C=Cc3csnn3)nc2c1. The predicted molar refractivity (Wildman–Crippen MR) is 73.2 cm³/mol. The highest BCUT2D eigenvalue weighted by molar-refractivity contribution is 7.19. The van der Waals surface area contributed by atoms with Crippen molar-refractivity contribution in [2.75, 3.05) is 0 Å². The third kappa shape index (κ3) is 2.25. The van der Waals surface area contributed by atoms with Crippen molar-refractivity contribution in [1.29, 1.82) is 0 Å². The summed E-state index contributed by atoms with van der Waals surface area (Å²) in [6, 6.07) is 6.33. The lowest BCUT2D eigenvalue weighted by molar-refractivity contribution is 1.14. The number of benzene rings is 1. The normalized spacial score (nSPS) is 11.6. The minimum atomic E-state index is 0.880. The van der Waals surface area contributed by atoms with Gasteiger partial charge in [-0.05, 0) is 48.3 Å². The fourth-order valence-electron chi connectivity index (χ4n) is 1.53. The quantitative estimate of drug-likeness (QED) is 0.705. The Labute approximate surface area is 107 Å². The molecule has 0 aliphatic rings. The van der Waals surface area contributed by atoms with Crippen molar-refractivity contribution in [3.63, 3.8) is 0 Å². The first kappa shape index (κ1) is 10.6. The van der Waals surface area contributed by atoms with Crippen LogP contribution < -0.4 is 0 Å².